The molecule has 0 saturated carbocycles. The molecule has 0 spiro atoms. The molecule has 0 aromatic rings. The lowest BCUT2D eigenvalue weighted by Gasteiger charge is -2.11. The lowest BCUT2D eigenvalue weighted by molar-refractivity contribution is -0.150. The van der Waals surface area contributed by atoms with E-state index in [-0.39, 0.29) is 11.9 Å². The maximum Gasteiger partial charge on any atom is 0.308 e. The highest BCUT2D eigenvalue weighted by molar-refractivity contribution is 5.72. The maximum absolute atomic E-state index is 11.3. The lowest BCUT2D eigenvalue weighted by Crippen LogP contribution is -2.18. The van der Waals surface area contributed by atoms with Gasteiger partial charge in [-0.05, 0) is 19.8 Å². The molecule has 0 saturated heterocycles. The summed E-state index contributed by atoms with van der Waals surface area (Å²) in [5.41, 5.74) is 0. The Balaban J connectivity index is 3.48. The first-order valence-electron chi connectivity index (χ1n) is 5.00. The summed E-state index contributed by atoms with van der Waals surface area (Å²) in [5, 5.41) is 0. The zero-order valence-corrected chi connectivity index (χ0v) is 8.84. The summed E-state index contributed by atoms with van der Waals surface area (Å²) in [5.74, 6) is -0.0358. The van der Waals surface area contributed by atoms with Crippen molar-refractivity contribution in [1.82, 2.24) is 0 Å². The molecule has 0 fully saturated rings. The second-order valence-electron chi connectivity index (χ2n) is 2.88. The molecule has 78 valence electrons. The molecule has 0 N–H and O–H groups in total. The van der Waals surface area contributed by atoms with Gasteiger partial charge in [0.15, 0.2) is 0 Å². The van der Waals surface area contributed by atoms with Gasteiger partial charge >= 0.3 is 5.97 Å². The van der Waals surface area contributed by atoms with E-state index in [1.54, 1.807) is 0 Å². The van der Waals surface area contributed by atoms with E-state index < -0.39 is 0 Å². The van der Waals surface area contributed by atoms with Crippen LogP contribution in [0.15, 0.2) is 0 Å². The summed E-state index contributed by atoms with van der Waals surface area (Å²) >= 11 is 0. The van der Waals surface area contributed by atoms with Crippen LogP contribution >= 0.6 is 0 Å². The molecule has 0 heterocycles. The molecule has 0 aliphatic heterocycles. The zero-order valence-electron chi connectivity index (χ0n) is 8.84. The zero-order chi connectivity index (χ0) is 10.1. The average molecular weight is 188 g/mol. The molecule has 0 rings (SSSR count). The van der Waals surface area contributed by atoms with Crippen molar-refractivity contribution in [3.8, 4) is 0 Å². The topological polar surface area (TPSA) is 35.5 Å². The summed E-state index contributed by atoms with van der Waals surface area (Å²) in [7, 11) is 0. The Morgan fingerprint density at radius 2 is 1.77 bits per heavy atom. The maximum atomic E-state index is 11.3. The fourth-order valence-corrected chi connectivity index (χ4v) is 1.09. The van der Waals surface area contributed by atoms with Crippen LogP contribution in [0.3, 0.4) is 0 Å². The molecule has 3 heteroatoms. The highest BCUT2D eigenvalue weighted by Crippen LogP contribution is 2.09. The van der Waals surface area contributed by atoms with Gasteiger partial charge in [-0.3, -0.25) is 4.79 Å². The van der Waals surface area contributed by atoms with Crippen LogP contribution in [0.25, 0.3) is 0 Å². The molecule has 0 bridgehead atoms. The molecule has 0 atom stereocenters. The third kappa shape index (κ3) is 5.64. The second kappa shape index (κ2) is 8.05. The van der Waals surface area contributed by atoms with Crippen LogP contribution in [-0.4, -0.2) is 25.8 Å². The molecule has 0 aliphatic rings. The Kier molecular flexibility index (Phi) is 7.69. The summed E-state index contributed by atoms with van der Waals surface area (Å²) in [6.45, 7) is 7.47. The molecule has 3 nitrogen and oxygen atoms in total. The van der Waals surface area contributed by atoms with E-state index in [9.17, 15) is 4.79 Å². The standard InChI is InChI=1S/C10H20O3/c1-4-9(5-2)10(11)13-8-7-12-6-3/h9H,4-8H2,1-3H3. The number of hydrogen-bond acceptors (Lipinski definition) is 3. The van der Waals surface area contributed by atoms with E-state index in [0.717, 1.165) is 12.8 Å². The van der Waals surface area contributed by atoms with E-state index in [1.807, 2.05) is 20.8 Å². The Bertz CT molecular complexity index is 130. The highest BCUT2D eigenvalue weighted by Gasteiger charge is 2.14. The quantitative estimate of drug-likeness (QED) is 0.453. The molecule has 13 heavy (non-hydrogen) atoms. The fourth-order valence-electron chi connectivity index (χ4n) is 1.09. The summed E-state index contributed by atoms with van der Waals surface area (Å²) in [4.78, 5) is 11.3. The Morgan fingerprint density at radius 3 is 2.23 bits per heavy atom. The normalized spacial score (nSPS) is 10.5. The van der Waals surface area contributed by atoms with E-state index >= 15 is 0 Å². The van der Waals surface area contributed by atoms with Gasteiger partial charge in [0.2, 0.25) is 0 Å². The van der Waals surface area contributed by atoms with Gasteiger partial charge in [0.1, 0.15) is 6.61 Å². The molecular formula is C10H20O3. The number of carbonyl (C=O) groups is 1. The first-order valence-corrected chi connectivity index (χ1v) is 5.00. The van der Waals surface area contributed by atoms with E-state index in [2.05, 4.69) is 0 Å². The van der Waals surface area contributed by atoms with Crippen molar-refractivity contribution in [2.75, 3.05) is 19.8 Å². The summed E-state index contributed by atoms with van der Waals surface area (Å²) in [6.07, 6.45) is 1.70. The van der Waals surface area contributed by atoms with Gasteiger partial charge in [0, 0.05) is 6.61 Å². The van der Waals surface area contributed by atoms with E-state index in [4.69, 9.17) is 9.47 Å². The first kappa shape index (κ1) is 12.4. The smallest absolute Gasteiger partial charge is 0.308 e. The molecule has 0 radical (unpaired) electrons. The average Bonchev–Trinajstić information content (AvgIpc) is 2.14. The third-order valence-corrected chi connectivity index (χ3v) is 2.00. The third-order valence-electron chi connectivity index (χ3n) is 2.00. The van der Waals surface area contributed by atoms with Crippen molar-refractivity contribution in [3.63, 3.8) is 0 Å². The van der Waals surface area contributed by atoms with Crippen molar-refractivity contribution in [1.29, 1.82) is 0 Å². The number of esters is 1. The minimum atomic E-state index is -0.0929. The van der Waals surface area contributed by atoms with Crippen LogP contribution in [0, 0.1) is 5.92 Å². The largest absolute Gasteiger partial charge is 0.463 e. The Hall–Kier alpha value is -0.570. The van der Waals surface area contributed by atoms with Crippen molar-refractivity contribution in [2.45, 2.75) is 33.6 Å². The number of carbonyl (C=O) groups excluding carboxylic acids is 1. The van der Waals surface area contributed by atoms with Crippen molar-refractivity contribution in [2.24, 2.45) is 5.92 Å². The van der Waals surface area contributed by atoms with Crippen molar-refractivity contribution < 1.29 is 14.3 Å². The molecule has 0 amide bonds. The minimum Gasteiger partial charge on any atom is -0.463 e. The van der Waals surface area contributed by atoms with E-state index in [1.165, 1.54) is 0 Å². The summed E-state index contributed by atoms with van der Waals surface area (Å²) in [6, 6.07) is 0. The SMILES string of the molecule is CCOCCOC(=O)C(CC)CC. The molecular weight excluding hydrogens is 168 g/mol. The summed E-state index contributed by atoms with van der Waals surface area (Å²) < 4.78 is 10.1. The van der Waals surface area contributed by atoms with Gasteiger partial charge in [-0.25, -0.2) is 0 Å². The predicted molar refractivity (Wildman–Crippen MR) is 51.5 cm³/mol. The van der Waals surface area contributed by atoms with Gasteiger partial charge in [0.05, 0.1) is 12.5 Å². The Morgan fingerprint density at radius 1 is 1.15 bits per heavy atom. The van der Waals surface area contributed by atoms with Gasteiger partial charge in [-0.1, -0.05) is 13.8 Å². The van der Waals surface area contributed by atoms with Crippen LogP contribution in [-0.2, 0) is 14.3 Å². The Labute approximate surface area is 80.4 Å². The van der Waals surface area contributed by atoms with Crippen LogP contribution in [0.4, 0.5) is 0 Å². The fraction of sp³-hybridized carbons (Fsp3) is 0.900. The van der Waals surface area contributed by atoms with Gasteiger partial charge < -0.3 is 9.47 Å². The van der Waals surface area contributed by atoms with Gasteiger partial charge in [-0.15, -0.1) is 0 Å². The number of rotatable bonds is 7. The van der Waals surface area contributed by atoms with E-state index in [0.29, 0.717) is 19.8 Å². The van der Waals surface area contributed by atoms with Gasteiger partial charge in [-0.2, -0.15) is 0 Å². The van der Waals surface area contributed by atoms with Crippen LogP contribution in [0.5, 0.6) is 0 Å². The van der Waals surface area contributed by atoms with Gasteiger partial charge in [0.25, 0.3) is 0 Å². The number of hydrogen-bond donors (Lipinski definition) is 0. The lowest BCUT2D eigenvalue weighted by atomic mass is 10.0. The predicted octanol–water partition coefficient (Wildman–Crippen LogP) is 2.00. The van der Waals surface area contributed by atoms with Crippen molar-refractivity contribution in [3.05, 3.63) is 0 Å². The highest BCUT2D eigenvalue weighted by atomic mass is 16.6. The van der Waals surface area contributed by atoms with Crippen molar-refractivity contribution >= 4 is 5.97 Å². The molecule has 0 aromatic heterocycles. The molecule has 0 aromatic carbocycles. The second-order valence-corrected chi connectivity index (χ2v) is 2.88. The minimum absolute atomic E-state index is 0.0571. The first-order chi connectivity index (χ1) is 6.26. The molecule has 0 unspecified atom stereocenters. The van der Waals surface area contributed by atoms with Crippen LogP contribution < -0.4 is 0 Å². The monoisotopic (exact) mass is 188 g/mol. The van der Waals surface area contributed by atoms with Crippen LogP contribution in [0.1, 0.15) is 33.6 Å². The number of ether oxygens (including phenoxy) is 2. The van der Waals surface area contributed by atoms with Crippen LogP contribution in [0.2, 0.25) is 0 Å². The molecule has 0 aliphatic carbocycles.